The van der Waals surface area contributed by atoms with E-state index in [0.29, 0.717) is 42.1 Å². The van der Waals surface area contributed by atoms with Crippen LogP contribution in [0, 0.1) is 0 Å². The quantitative estimate of drug-likeness (QED) is 0.480. The van der Waals surface area contributed by atoms with Gasteiger partial charge in [-0.2, -0.15) is 13.2 Å². The summed E-state index contributed by atoms with van der Waals surface area (Å²) < 4.78 is 43.7. The average molecular weight is 456 g/mol. The van der Waals surface area contributed by atoms with Crippen LogP contribution in [-0.2, 0) is 6.42 Å². The molecule has 0 unspecified atom stereocenters. The molecule has 1 saturated heterocycles. The summed E-state index contributed by atoms with van der Waals surface area (Å²) in [6.07, 6.45) is -1.96. The number of benzene rings is 1. The van der Waals surface area contributed by atoms with E-state index in [1.165, 1.54) is 17.2 Å². The molecule has 33 heavy (non-hydrogen) atoms. The number of hydrogen-bond donors (Lipinski definition) is 2. The Morgan fingerprint density at radius 1 is 1.12 bits per heavy atom. The molecule has 0 aliphatic carbocycles. The molecular formula is C23H23F3N6O. The zero-order valence-electron chi connectivity index (χ0n) is 17.7. The Hall–Kier alpha value is -3.08. The van der Waals surface area contributed by atoms with Crippen molar-refractivity contribution in [2.45, 2.75) is 31.1 Å². The molecule has 2 atom stereocenters. The molecule has 7 nitrogen and oxygen atoms in total. The number of halogens is 3. The van der Waals surface area contributed by atoms with E-state index >= 15 is 0 Å². The Balaban J connectivity index is 1.58. The molecule has 4 aromatic rings. The lowest BCUT2D eigenvalue weighted by Gasteiger charge is -2.30. The molecule has 10 heteroatoms. The van der Waals surface area contributed by atoms with Gasteiger partial charge in [-0.3, -0.25) is 9.30 Å². The molecule has 5 rings (SSSR count). The highest BCUT2D eigenvalue weighted by molar-refractivity contribution is 5.81. The number of nitrogens with two attached hydrogens (primary N) is 1. The van der Waals surface area contributed by atoms with Crippen LogP contribution in [0.15, 0.2) is 48.7 Å². The fourth-order valence-electron chi connectivity index (χ4n) is 4.47. The lowest BCUT2D eigenvalue weighted by Crippen LogP contribution is -2.38. The SMILES string of the molecule is N[C@H]1CCN([C@H](c2ccc3nnc(-c4ccc5ccc(CCO)cc5n4)n3c2)C(F)(F)F)C1. The van der Waals surface area contributed by atoms with E-state index in [4.69, 9.17) is 5.73 Å². The van der Waals surface area contributed by atoms with Gasteiger partial charge in [0.1, 0.15) is 11.7 Å². The zero-order chi connectivity index (χ0) is 23.2. The normalized spacial score (nSPS) is 18.4. The minimum absolute atomic E-state index is 0.0328. The lowest BCUT2D eigenvalue weighted by atomic mass is 10.1. The number of nitrogens with zero attached hydrogens (tertiary/aromatic N) is 5. The van der Waals surface area contributed by atoms with Gasteiger partial charge in [0.2, 0.25) is 0 Å². The van der Waals surface area contributed by atoms with E-state index in [2.05, 4.69) is 15.2 Å². The third-order valence-electron chi connectivity index (χ3n) is 6.06. The average Bonchev–Trinajstić information content (AvgIpc) is 3.38. The largest absolute Gasteiger partial charge is 0.408 e. The molecule has 4 heterocycles. The van der Waals surface area contributed by atoms with E-state index in [1.54, 1.807) is 16.5 Å². The van der Waals surface area contributed by atoms with Gasteiger partial charge in [-0.05, 0) is 42.2 Å². The Morgan fingerprint density at radius 2 is 1.94 bits per heavy atom. The predicted octanol–water partition coefficient (Wildman–Crippen LogP) is 3.12. The Bertz CT molecular complexity index is 1300. The number of aromatic nitrogens is 4. The number of likely N-dealkylation sites (tertiary alicyclic amines) is 1. The smallest absolute Gasteiger partial charge is 0.396 e. The molecule has 3 N–H and O–H groups in total. The van der Waals surface area contributed by atoms with Crippen molar-refractivity contribution >= 4 is 16.6 Å². The third-order valence-corrected chi connectivity index (χ3v) is 6.06. The Kier molecular flexibility index (Phi) is 5.51. The summed E-state index contributed by atoms with van der Waals surface area (Å²) in [6.45, 7) is 0.519. The first-order valence-corrected chi connectivity index (χ1v) is 10.8. The van der Waals surface area contributed by atoms with Crippen molar-refractivity contribution in [2.75, 3.05) is 19.7 Å². The minimum Gasteiger partial charge on any atom is -0.396 e. The van der Waals surface area contributed by atoms with Crippen LogP contribution >= 0.6 is 0 Å². The molecule has 3 aromatic heterocycles. The molecule has 1 aliphatic rings. The Labute approximate surface area is 187 Å². The number of hydrogen-bond acceptors (Lipinski definition) is 6. The van der Waals surface area contributed by atoms with E-state index < -0.39 is 12.2 Å². The van der Waals surface area contributed by atoms with Gasteiger partial charge in [0.15, 0.2) is 11.5 Å². The molecule has 172 valence electrons. The van der Waals surface area contributed by atoms with Crippen LogP contribution in [-0.4, -0.2) is 61.5 Å². The van der Waals surface area contributed by atoms with E-state index in [9.17, 15) is 18.3 Å². The van der Waals surface area contributed by atoms with Crippen molar-refractivity contribution in [3.63, 3.8) is 0 Å². The first-order chi connectivity index (χ1) is 15.8. The van der Waals surface area contributed by atoms with Crippen LogP contribution in [0.1, 0.15) is 23.6 Å². The van der Waals surface area contributed by atoms with Gasteiger partial charge < -0.3 is 10.8 Å². The molecule has 0 radical (unpaired) electrons. The number of aliphatic hydroxyl groups is 1. The second-order valence-electron chi connectivity index (χ2n) is 8.40. The number of alkyl halides is 3. The van der Waals surface area contributed by atoms with Crippen molar-refractivity contribution in [3.8, 4) is 11.5 Å². The molecule has 0 saturated carbocycles. The van der Waals surface area contributed by atoms with Gasteiger partial charge in [-0.25, -0.2) is 4.98 Å². The topological polar surface area (TPSA) is 92.6 Å². The molecule has 0 spiro atoms. The highest BCUT2D eigenvalue weighted by atomic mass is 19.4. The summed E-state index contributed by atoms with van der Waals surface area (Å²) in [5.74, 6) is 0.361. The molecule has 0 bridgehead atoms. The van der Waals surface area contributed by atoms with Crippen LogP contribution in [0.2, 0.25) is 0 Å². The van der Waals surface area contributed by atoms with Crippen LogP contribution in [0.5, 0.6) is 0 Å². The number of fused-ring (bicyclic) bond motifs is 2. The fourth-order valence-corrected chi connectivity index (χ4v) is 4.47. The minimum atomic E-state index is -4.45. The molecule has 1 aromatic carbocycles. The maximum absolute atomic E-state index is 14.1. The number of pyridine rings is 2. The van der Waals surface area contributed by atoms with E-state index in [0.717, 1.165) is 10.9 Å². The first-order valence-electron chi connectivity index (χ1n) is 10.8. The molecule has 1 aliphatic heterocycles. The van der Waals surface area contributed by atoms with Crippen molar-refractivity contribution in [1.82, 2.24) is 24.5 Å². The van der Waals surface area contributed by atoms with Crippen LogP contribution in [0.3, 0.4) is 0 Å². The Morgan fingerprint density at radius 3 is 2.67 bits per heavy atom. The number of rotatable bonds is 5. The molecule has 1 fully saturated rings. The highest BCUT2D eigenvalue weighted by Crippen LogP contribution is 2.39. The van der Waals surface area contributed by atoms with Crippen molar-refractivity contribution < 1.29 is 18.3 Å². The second kappa shape index (κ2) is 8.36. The third kappa shape index (κ3) is 4.17. The van der Waals surface area contributed by atoms with Gasteiger partial charge in [0, 0.05) is 37.3 Å². The predicted molar refractivity (Wildman–Crippen MR) is 117 cm³/mol. The van der Waals surface area contributed by atoms with Crippen molar-refractivity contribution in [1.29, 1.82) is 0 Å². The summed E-state index contributed by atoms with van der Waals surface area (Å²) in [7, 11) is 0. The molecular weight excluding hydrogens is 433 g/mol. The van der Waals surface area contributed by atoms with Crippen molar-refractivity contribution in [3.05, 3.63) is 59.8 Å². The van der Waals surface area contributed by atoms with Crippen LogP contribution in [0.25, 0.3) is 28.1 Å². The van der Waals surface area contributed by atoms with Crippen molar-refractivity contribution in [2.24, 2.45) is 5.73 Å². The maximum atomic E-state index is 14.1. The van der Waals surface area contributed by atoms with Gasteiger partial charge in [-0.1, -0.05) is 24.3 Å². The monoisotopic (exact) mass is 456 g/mol. The van der Waals surface area contributed by atoms with Crippen LogP contribution in [0.4, 0.5) is 13.2 Å². The molecule has 0 amide bonds. The van der Waals surface area contributed by atoms with E-state index in [1.807, 2.05) is 24.3 Å². The summed E-state index contributed by atoms with van der Waals surface area (Å²) >= 11 is 0. The summed E-state index contributed by atoms with van der Waals surface area (Å²) in [6, 6.07) is 10.4. The van der Waals surface area contributed by atoms with Gasteiger partial charge in [0.05, 0.1) is 5.52 Å². The fraction of sp³-hybridized carbons (Fsp3) is 0.348. The van der Waals surface area contributed by atoms with Gasteiger partial charge in [0.25, 0.3) is 0 Å². The summed E-state index contributed by atoms with van der Waals surface area (Å²) in [4.78, 5) is 6.05. The lowest BCUT2D eigenvalue weighted by molar-refractivity contribution is -0.183. The first kappa shape index (κ1) is 21.7. The summed E-state index contributed by atoms with van der Waals surface area (Å²) in [5.41, 5.74) is 8.58. The maximum Gasteiger partial charge on any atom is 0.408 e. The van der Waals surface area contributed by atoms with Gasteiger partial charge >= 0.3 is 6.18 Å². The summed E-state index contributed by atoms with van der Waals surface area (Å²) in [5, 5.41) is 18.4. The highest BCUT2D eigenvalue weighted by Gasteiger charge is 2.46. The van der Waals surface area contributed by atoms with Gasteiger partial charge in [-0.15, -0.1) is 10.2 Å². The zero-order valence-corrected chi connectivity index (χ0v) is 17.7. The van der Waals surface area contributed by atoms with Crippen LogP contribution < -0.4 is 5.73 Å². The second-order valence-corrected chi connectivity index (χ2v) is 8.40. The number of aliphatic hydroxyl groups excluding tert-OH is 1. The van der Waals surface area contributed by atoms with E-state index in [-0.39, 0.29) is 24.8 Å². The standard InChI is InChI=1S/C23H23F3N6O/c24-23(25,26)21(31-9-7-17(27)13-31)16-4-6-20-29-30-22(32(20)12-16)18-5-3-15-2-1-14(8-10-33)11-19(15)28-18/h1-6,11-12,17,21,33H,7-10,13,27H2/t17-,21+/m0/s1.